The minimum absolute atomic E-state index is 0.0675. The maximum absolute atomic E-state index is 12.0. The molecule has 0 bridgehead atoms. The molecule has 1 aliphatic rings. The lowest BCUT2D eigenvalue weighted by Gasteiger charge is -2.36. The predicted octanol–water partition coefficient (Wildman–Crippen LogP) is 2.50. The lowest BCUT2D eigenvalue weighted by atomic mass is 9.96. The van der Waals surface area contributed by atoms with Gasteiger partial charge in [-0.2, -0.15) is 10.2 Å². The third-order valence-electron chi connectivity index (χ3n) is 2.78. The number of nitrogens with zero attached hydrogens (tertiary/aromatic N) is 5. The van der Waals surface area contributed by atoms with Gasteiger partial charge in [-0.15, -0.1) is 0 Å². The summed E-state index contributed by atoms with van der Waals surface area (Å²) < 4.78 is 0. The molecule has 1 fully saturated rings. The first kappa shape index (κ1) is 22.1. The number of nitriles is 1. The molecule has 0 spiro atoms. The van der Waals surface area contributed by atoms with Crippen molar-refractivity contribution in [3.8, 4) is 6.07 Å². The smallest absolute Gasteiger partial charge is 0.309 e. The van der Waals surface area contributed by atoms with Crippen LogP contribution in [0.4, 0.5) is 10.6 Å². The molecule has 136 valence electrons. The number of aromatic nitrogens is 2. The highest BCUT2D eigenvalue weighted by Crippen LogP contribution is 2.24. The minimum Gasteiger partial charge on any atom is -0.309 e. The number of nitrogens with one attached hydrogen (secondary N) is 1. The Hall–Kier alpha value is -2.95. The summed E-state index contributed by atoms with van der Waals surface area (Å²) in [6.07, 6.45) is 1.51. The van der Waals surface area contributed by atoms with Crippen LogP contribution in [-0.2, 0) is 4.79 Å². The number of anilines is 1. The molecule has 1 saturated heterocycles. The van der Waals surface area contributed by atoms with E-state index < -0.39 is 0 Å². The van der Waals surface area contributed by atoms with Gasteiger partial charge in [-0.1, -0.05) is 41.2 Å². The summed E-state index contributed by atoms with van der Waals surface area (Å²) in [4.78, 5) is 28.1. The van der Waals surface area contributed by atoms with Gasteiger partial charge in [0.15, 0.2) is 5.82 Å². The Morgan fingerprint density at radius 3 is 2.44 bits per heavy atom. The summed E-state index contributed by atoms with van der Waals surface area (Å²) in [5.74, 6) is 0.589. The second-order valence-electron chi connectivity index (χ2n) is 6.06. The number of carbonyl (C=O) groups is 2. The highest BCUT2D eigenvalue weighted by Gasteiger charge is 2.32. The van der Waals surface area contributed by atoms with Gasteiger partial charge in [0.05, 0.1) is 6.54 Å². The van der Waals surface area contributed by atoms with Gasteiger partial charge in [-0.05, 0) is 5.41 Å². The monoisotopic (exact) mass is 346 g/mol. The van der Waals surface area contributed by atoms with Crippen LogP contribution in [0.25, 0.3) is 0 Å². The van der Waals surface area contributed by atoms with Crippen molar-refractivity contribution in [2.45, 2.75) is 34.6 Å². The molecule has 1 aliphatic heterocycles. The number of hydrogen-bond donors (Lipinski definition) is 1. The molecule has 0 unspecified atom stereocenters. The lowest BCUT2D eigenvalue weighted by molar-refractivity contribution is -0.0980. The van der Waals surface area contributed by atoms with Gasteiger partial charge in [0, 0.05) is 24.5 Å². The third-order valence-corrected chi connectivity index (χ3v) is 2.78. The van der Waals surface area contributed by atoms with Crippen molar-refractivity contribution < 1.29 is 9.59 Å². The molecule has 0 aromatic carbocycles. The van der Waals surface area contributed by atoms with E-state index in [0.29, 0.717) is 24.6 Å². The number of rotatable bonds is 3. The minimum atomic E-state index is -0.249. The van der Waals surface area contributed by atoms with Crippen LogP contribution in [0.2, 0.25) is 0 Å². The van der Waals surface area contributed by atoms with Crippen molar-refractivity contribution in [2.24, 2.45) is 5.41 Å². The van der Waals surface area contributed by atoms with E-state index in [1.807, 2.05) is 26.7 Å². The highest BCUT2D eigenvalue weighted by atomic mass is 16.2. The Kier molecular flexibility index (Phi) is 8.84. The van der Waals surface area contributed by atoms with E-state index in [1.165, 1.54) is 11.2 Å². The highest BCUT2D eigenvalue weighted by molar-refractivity contribution is 5.81. The molecular weight excluding hydrogens is 320 g/mol. The van der Waals surface area contributed by atoms with E-state index in [9.17, 15) is 4.79 Å². The zero-order valence-electron chi connectivity index (χ0n) is 15.5. The topological polar surface area (TPSA) is 102 Å². The number of urea groups is 1. The normalized spacial score (nSPS) is 12.9. The molecule has 2 rings (SSSR count). The molecule has 0 atom stereocenters. The summed E-state index contributed by atoms with van der Waals surface area (Å²) >= 11 is 0. The second kappa shape index (κ2) is 10.0. The van der Waals surface area contributed by atoms with E-state index in [2.05, 4.69) is 42.6 Å². The molecule has 1 aromatic heterocycles. The molecule has 8 heteroatoms. The largest absolute Gasteiger partial charge is 0.340 e. The van der Waals surface area contributed by atoms with E-state index >= 15 is 0 Å². The number of hydrogen-bond acceptors (Lipinski definition) is 6. The van der Waals surface area contributed by atoms with Crippen LogP contribution in [-0.4, -0.2) is 40.9 Å². The van der Waals surface area contributed by atoms with Gasteiger partial charge in [0.1, 0.15) is 12.9 Å². The van der Waals surface area contributed by atoms with Gasteiger partial charge < -0.3 is 10.1 Å². The maximum Gasteiger partial charge on any atom is 0.340 e. The van der Waals surface area contributed by atoms with Gasteiger partial charge in [0.25, 0.3) is 0 Å². The second-order valence-corrected chi connectivity index (χ2v) is 6.06. The molecule has 8 nitrogen and oxygen atoms in total. The van der Waals surface area contributed by atoms with Crippen LogP contribution in [0, 0.1) is 16.7 Å². The molecule has 1 N–H and O–H groups in total. The van der Waals surface area contributed by atoms with Gasteiger partial charge in [-0.3, -0.25) is 5.01 Å². The molecule has 2 heterocycles. The van der Waals surface area contributed by atoms with Crippen LogP contribution in [0.3, 0.4) is 0 Å². The number of carbonyl (C=O) groups excluding carboxylic acids is 2. The van der Waals surface area contributed by atoms with E-state index in [1.54, 1.807) is 11.1 Å². The maximum atomic E-state index is 12.0. The Labute approximate surface area is 149 Å². The van der Waals surface area contributed by atoms with Crippen molar-refractivity contribution >= 4 is 18.6 Å². The summed E-state index contributed by atoms with van der Waals surface area (Å²) in [6, 6.07) is 3.34. The predicted molar refractivity (Wildman–Crippen MR) is 96.4 cm³/mol. The quantitative estimate of drug-likeness (QED) is 0.902. The Morgan fingerprint density at radius 2 is 2.00 bits per heavy atom. The first-order valence-electron chi connectivity index (χ1n) is 7.86. The summed E-state index contributed by atoms with van der Waals surface area (Å²) in [5.41, 5.74) is 0.565. The van der Waals surface area contributed by atoms with Crippen molar-refractivity contribution in [2.75, 3.05) is 18.1 Å². The molecular formula is C17H26N6O2. The fraction of sp³-hybridized carbons (Fsp3) is 0.471. The van der Waals surface area contributed by atoms with Gasteiger partial charge in [-0.25, -0.2) is 14.8 Å². The van der Waals surface area contributed by atoms with E-state index in [4.69, 9.17) is 10.1 Å². The van der Waals surface area contributed by atoms with Crippen LogP contribution in [0.1, 0.15) is 40.4 Å². The molecule has 0 saturated carbocycles. The fourth-order valence-corrected chi connectivity index (χ4v) is 1.99. The Morgan fingerprint density at radius 1 is 1.40 bits per heavy atom. The van der Waals surface area contributed by atoms with Crippen LogP contribution >= 0.6 is 0 Å². The standard InChI is InChI=1S/C14H18N6O.C2H6.CH2O/c1-10-8-19(13(21)17-10)20(9-14(2,3)4)12-5-6-16-11(7-15)18-12;2*1-2/h5-6H,1,8-9H2,2-4H3,(H,17,21);1-2H3;1H2. The molecule has 1 aromatic rings. The van der Waals surface area contributed by atoms with Crippen molar-refractivity contribution in [3.63, 3.8) is 0 Å². The number of hydrazine groups is 1. The van der Waals surface area contributed by atoms with Crippen molar-refractivity contribution in [1.29, 1.82) is 5.26 Å². The van der Waals surface area contributed by atoms with Crippen molar-refractivity contribution in [3.05, 3.63) is 30.4 Å². The summed E-state index contributed by atoms with van der Waals surface area (Å²) in [6.45, 7) is 16.9. The summed E-state index contributed by atoms with van der Waals surface area (Å²) in [7, 11) is 0. The Balaban J connectivity index is 0.00000134. The average molecular weight is 346 g/mol. The average Bonchev–Trinajstić information content (AvgIpc) is 2.94. The zero-order chi connectivity index (χ0) is 19.6. The molecule has 2 amide bonds. The van der Waals surface area contributed by atoms with Crippen LogP contribution in [0.5, 0.6) is 0 Å². The lowest BCUT2D eigenvalue weighted by Crippen LogP contribution is -2.49. The van der Waals surface area contributed by atoms with Crippen molar-refractivity contribution in [1.82, 2.24) is 20.3 Å². The SMILES string of the molecule is C=C1CN(N(CC(C)(C)C)c2ccnc(C#N)n2)C(=O)N1.C=O.CC. The first-order chi connectivity index (χ1) is 11.8. The third kappa shape index (κ3) is 6.59. The number of amides is 2. The summed E-state index contributed by atoms with van der Waals surface area (Å²) in [5, 5.41) is 14.9. The fourth-order valence-electron chi connectivity index (χ4n) is 1.99. The van der Waals surface area contributed by atoms with E-state index in [0.717, 1.165) is 0 Å². The molecule has 0 radical (unpaired) electrons. The zero-order valence-corrected chi connectivity index (χ0v) is 15.5. The Bertz CT molecular complexity index is 633. The van der Waals surface area contributed by atoms with Crippen LogP contribution in [0.15, 0.2) is 24.5 Å². The molecule has 25 heavy (non-hydrogen) atoms. The first-order valence-corrected chi connectivity index (χ1v) is 7.86. The van der Waals surface area contributed by atoms with Gasteiger partial charge in [0.2, 0.25) is 5.82 Å². The molecule has 0 aliphatic carbocycles. The van der Waals surface area contributed by atoms with E-state index in [-0.39, 0.29) is 17.3 Å². The van der Waals surface area contributed by atoms with Gasteiger partial charge >= 0.3 is 6.03 Å². The van der Waals surface area contributed by atoms with Crippen LogP contribution < -0.4 is 10.3 Å².